The first-order valence-electron chi connectivity index (χ1n) is 4.24. The van der Waals surface area contributed by atoms with E-state index in [-0.39, 0.29) is 22.9 Å². The van der Waals surface area contributed by atoms with Crippen molar-refractivity contribution in [3.8, 4) is 11.5 Å². The molecule has 2 N–H and O–H groups in total. The van der Waals surface area contributed by atoms with E-state index in [1.54, 1.807) is 13.0 Å². The molecule has 1 rings (SSSR count). The molecule has 0 atom stereocenters. The molecule has 5 heteroatoms. The van der Waals surface area contributed by atoms with E-state index in [0.717, 1.165) is 0 Å². The van der Waals surface area contributed by atoms with Gasteiger partial charge in [0.2, 0.25) is 0 Å². The molecule has 0 heterocycles. The van der Waals surface area contributed by atoms with Crippen LogP contribution in [0.25, 0.3) is 0 Å². The van der Waals surface area contributed by atoms with Gasteiger partial charge in [0, 0.05) is 5.56 Å². The van der Waals surface area contributed by atoms with Crippen molar-refractivity contribution in [2.24, 2.45) is 0 Å². The van der Waals surface area contributed by atoms with Crippen molar-refractivity contribution in [1.29, 1.82) is 0 Å². The molecule has 0 saturated heterocycles. The van der Waals surface area contributed by atoms with E-state index >= 15 is 0 Å². The fourth-order valence-electron chi connectivity index (χ4n) is 1.33. The highest BCUT2D eigenvalue weighted by atomic mass is 35.5. The summed E-state index contributed by atoms with van der Waals surface area (Å²) < 4.78 is 4.96. The maximum Gasteiger partial charge on any atom is 0.307 e. The molecule has 0 radical (unpaired) electrons. The first kappa shape index (κ1) is 11.7. The van der Waals surface area contributed by atoms with Crippen LogP contribution in [0, 0.1) is 6.92 Å². The quantitative estimate of drug-likeness (QED) is 0.833. The second kappa shape index (κ2) is 4.40. The van der Waals surface area contributed by atoms with Crippen molar-refractivity contribution in [2.45, 2.75) is 13.3 Å². The van der Waals surface area contributed by atoms with Crippen LogP contribution in [-0.2, 0) is 11.2 Å². The number of carboxylic acid groups (broad SMARTS) is 1. The average molecular weight is 231 g/mol. The lowest BCUT2D eigenvalue weighted by atomic mass is 10.1. The number of phenolic OH excluding ortho intramolecular Hbond substituents is 1. The molecule has 0 bridgehead atoms. The van der Waals surface area contributed by atoms with Crippen LogP contribution >= 0.6 is 11.6 Å². The highest BCUT2D eigenvalue weighted by Crippen LogP contribution is 2.38. The largest absolute Gasteiger partial charge is 0.506 e. The summed E-state index contributed by atoms with van der Waals surface area (Å²) in [5, 5.41) is 18.2. The van der Waals surface area contributed by atoms with Crippen molar-refractivity contribution >= 4 is 17.6 Å². The lowest BCUT2D eigenvalue weighted by Gasteiger charge is -2.12. The van der Waals surface area contributed by atoms with Gasteiger partial charge in [0.15, 0.2) is 0 Å². The molecule has 1 aromatic rings. The minimum Gasteiger partial charge on any atom is -0.506 e. The molecule has 0 spiro atoms. The van der Waals surface area contributed by atoms with Crippen molar-refractivity contribution in [1.82, 2.24) is 0 Å². The van der Waals surface area contributed by atoms with Crippen LogP contribution in [0.3, 0.4) is 0 Å². The minimum absolute atomic E-state index is 0.0498. The van der Waals surface area contributed by atoms with Crippen LogP contribution in [0.1, 0.15) is 11.1 Å². The summed E-state index contributed by atoms with van der Waals surface area (Å²) in [7, 11) is 1.38. The number of hydrogen-bond donors (Lipinski definition) is 2. The number of benzene rings is 1. The van der Waals surface area contributed by atoms with E-state index in [4.69, 9.17) is 21.4 Å². The molecule has 0 aliphatic rings. The Hall–Kier alpha value is -1.42. The molecule has 0 aromatic heterocycles. The van der Waals surface area contributed by atoms with Crippen LogP contribution in [0.5, 0.6) is 11.5 Å². The molecule has 0 fully saturated rings. The number of aromatic hydroxyl groups is 1. The van der Waals surface area contributed by atoms with Crippen LogP contribution in [0.15, 0.2) is 6.07 Å². The van der Waals surface area contributed by atoms with Gasteiger partial charge in [0.05, 0.1) is 13.5 Å². The maximum atomic E-state index is 10.6. The molecular weight excluding hydrogens is 220 g/mol. The normalized spacial score (nSPS) is 10.1. The summed E-state index contributed by atoms with van der Waals surface area (Å²) in [6, 6.07) is 1.55. The molecule has 15 heavy (non-hydrogen) atoms. The van der Waals surface area contributed by atoms with Gasteiger partial charge in [-0.05, 0) is 18.6 Å². The third kappa shape index (κ3) is 2.33. The van der Waals surface area contributed by atoms with Gasteiger partial charge in [-0.3, -0.25) is 4.79 Å². The Morgan fingerprint density at radius 3 is 2.67 bits per heavy atom. The first-order chi connectivity index (χ1) is 6.97. The minimum atomic E-state index is -0.977. The van der Waals surface area contributed by atoms with Gasteiger partial charge in [-0.25, -0.2) is 0 Å². The summed E-state index contributed by atoms with van der Waals surface area (Å²) in [5.74, 6) is -0.848. The number of aryl methyl sites for hydroxylation is 1. The Bertz CT molecular complexity index is 401. The van der Waals surface area contributed by atoms with Crippen LogP contribution in [0.2, 0.25) is 5.02 Å². The van der Waals surface area contributed by atoms with E-state index in [0.29, 0.717) is 11.1 Å². The smallest absolute Gasteiger partial charge is 0.307 e. The number of halogens is 1. The topological polar surface area (TPSA) is 66.8 Å². The lowest BCUT2D eigenvalue weighted by Crippen LogP contribution is -2.03. The van der Waals surface area contributed by atoms with E-state index in [2.05, 4.69) is 0 Å². The fourth-order valence-corrected chi connectivity index (χ4v) is 1.68. The van der Waals surface area contributed by atoms with Gasteiger partial charge in [0.1, 0.15) is 16.5 Å². The highest BCUT2D eigenvalue weighted by Gasteiger charge is 2.16. The summed E-state index contributed by atoms with van der Waals surface area (Å²) in [6.45, 7) is 1.64. The van der Waals surface area contributed by atoms with Gasteiger partial charge in [-0.1, -0.05) is 11.6 Å². The number of methoxy groups -OCH3 is 1. The molecule has 0 unspecified atom stereocenters. The zero-order chi connectivity index (χ0) is 11.6. The van der Waals surface area contributed by atoms with E-state index in [1.807, 2.05) is 0 Å². The summed E-state index contributed by atoms with van der Waals surface area (Å²) in [6.07, 6.45) is -0.190. The molecular formula is C10H11ClO4. The Balaban J connectivity index is 3.31. The average Bonchev–Trinajstić information content (AvgIpc) is 2.14. The zero-order valence-corrected chi connectivity index (χ0v) is 9.13. The van der Waals surface area contributed by atoms with Crippen molar-refractivity contribution in [3.05, 3.63) is 22.2 Å². The third-order valence-electron chi connectivity index (χ3n) is 2.01. The van der Waals surface area contributed by atoms with E-state index < -0.39 is 5.97 Å². The monoisotopic (exact) mass is 230 g/mol. The Labute approximate surface area is 92.1 Å². The summed E-state index contributed by atoms with van der Waals surface area (Å²) >= 11 is 5.82. The SMILES string of the molecule is COc1c(CC(=O)O)cc(C)c(O)c1Cl. The van der Waals surface area contributed by atoms with Gasteiger partial charge in [0.25, 0.3) is 0 Å². The van der Waals surface area contributed by atoms with Gasteiger partial charge >= 0.3 is 5.97 Å². The number of ether oxygens (including phenoxy) is 1. The Morgan fingerprint density at radius 1 is 1.60 bits per heavy atom. The third-order valence-corrected chi connectivity index (χ3v) is 2.36. The summed E-state index contributed by atoms with van der Waals surface area (Å²) in [4.78, 5) is 10.6. The van der Waals surface area contributed by atoms with E-state index in [1.165, 1.54) is 7.11 Å². The Morgan fingerprint density at radius 2 is 2.20 bits per heavy atom. The van der Waals surface area contributed by atoms with Crippen molar-refractivity contribution in [3.63, 3.8) is 0 Å². The maximum absolute atomic E-state index is 10.6. The van der Waals surface area contributed by atoms with Crippen molar-refractivity contribution < 1.29 is 19.7 Å². The van der Waals surface area contributed by atoms with Gasteiger partial charge in [-0.2, -0.15) is 0 Å². The number of aliphatic carboxylic acids is 1. The molecule has 0 saturated carbocycles. The van der Waals surface area contributed by atoms with Crippen molar-refractivity contribution in [2.75, 3.05) is 7.11 Å². The Kier molecular flexibility index (Phi) is 3.42. The number of carbonyl (C=O) groups is 1. The fraction of sp³-hybridized carbons (Fsp3) is 0.300. The molecule has 0 aliphatic carbocycles. The molecule has 82 valence electrons. The van der Waals surface area contributed by atoms with Crippen LogP contribution in [0.4, 0.5) is 0 Å². The lowest BCUT2D eigenvalue weighted by molar-refractivity contribution is -0.136. The zero-order valence-electron chi connectivity index (χ0n) is 8.37. The number of carboxylic acids is 1. The second-order valence-electron chi connectivity index (χ2n) is 3.12. The van der Waals surface area contributed by atoms with Crippen LogP contribution < -0.4 is 4.74 Å². The highest BCUT2D eigenvalue weighted by molar-refractivity contribution is 6.33. The standard InChI is InChI=1S/C10H11ClO4/c1-5-3-6(4-7(12)13)10(15-2)8(11)9(5)14/h3,14H,4H2,1-2H3,(H,12,13). The van der Waals surface area contributed by atoms with Gasteiger partial charge in [-0.15, -0.1) is 0 Å². The number of hydrogen-bond acceptors (Lipinski definition) is 3. The molecule has 1 aromatic carbocycles. The predicted octanol–water partition coefficient (Wildman–Crippen LogP) is 1.99. The molecule has 0 amide bonds. The first-order valence-corrected chi connectivity index (χ1v) is 4.62. The molecule has 0 aliphatic heterocycles. The van der Waals surface area contributed by atoms with Crippen LogP contribution in [-0.4, -0.2) is 23.3 Å². The van der Waals surface area contributed by atoms with E-state index in [9.17, 15) is 9.90 Å². The second-order valence-corrected chi connectivity index (χ2v) is 3.50. The van der Waals surface area contributed by atoms with Gasteiger partial charge < -0.3 is 14.9 Å². The predicted molar refractivity (Wildman–Crippen MR) is 55.7 cm³/mol. The summed E-state index contributed by atoms with van der Waals surface area (Å²) in [5.41, 5.74) is 0.974. The molecule has 4 nitrogen and oxygen atoms in total. The number of phenols is 1. The number of rotatable bonds is 3.